The van der Waals surface area contributed by atoms with Gasteiger partial charge in [-0.1, -0.05) is 25.9 Å². The van der Waals surface area contributed by atoms with Crippen molar-refractivity contribution in [3.05, 3.63) is 5.89 Å². The quantitative estimate of drug-likeness (QED) is 0.719. The Kier molecular flexibility index (Phi) is 7.12. The van der Waals surface area contributed by atoms with Crippen LogP contribution in [0.4, 0.5) is 6.01 Å². The van der Waals surface area contributed by atoms with Crippen LogP contribution in [0.25, 0.3) is 0 Å². The van der Waals surface area contributed by atoms with Crippen molar-refractivity contribution in [1.29, 1.82) is 0 Å². The lowest BCUT2D eigenvalue weighted by Crippen LogP contribution is -2.19. The number of nitrogens with zero attached hydrogens (tertiary/aromatic N) is 2. The molecule has 2 N–H and O–H groups in total. The maximum absolute atomic E-state index is 5.48. The van der Waals surface area contributed by atoms with Gasteiger partial charge in [-0.3, -0.25) is 0 Å². The molecule has 0 aliphatic rings. The van der Waals surface area contributed by atoms with Crippen molar-refractivity contribution in [1.82, 2.24) is 15.5 Å². The normalized spacial score (nSPS) is 12.9. The van der Waals surface area contributed by atoms with Gasteiger partial charge in [0.25, 0.3) is 0 Å². The summed E-state index contributed by atoms with van der Waals surface area (Å²) in [7, 11) is 0. The van der Waals surface area contributed by atoms with E-state index in [4.69, 9.17) is 4.42 Å². The molecule has 18 heavy (non-hydrogen) atoms. The fourth-order valence-electron chi connectivity index (χ4n) is 1.36. The van der Waals surface area contributed by atoms with Gasteiger partial charge >= 0.3 is 6.01 Å². The van der Waals surface area contributed by atoms with Crippen LogP contribution < -0.4 is 10.6 Å². The number of aromatic nitrogens is 2. The van der Waals surface area contributed by atoms with Gasteiger partial charge in [0.1, 0.15) is 0 Å². The highest BCUT2D eigenvalue weighted by molar-refractivity contribution is 7.99. The topological polar surface area (TPSA) is 63.0 Å². The predicted molar refractivity (Wildman–Crippen MR) is 76.9 cm³/mol. The van der Waals surface area contributed by atoms with Crippen molar-refractivity contribution in [2.24, 2.45) is 5.92 Å². The Morgan fingerprint density at radius 2 is 2.06 bits per heavy atom. The van der Waals surface area contributed by atoms with Gasteiger partial charge in [0.15, 0.2) is 0 Å². The number of hydrogen-bond acceptors (Lipinski definition) is 6. The van der Waals surface area contributed by atoms with Crippen molar-refractivity contribution in [2.75, 3.05) is 24.7 Å². The summed E-state index contributed by atoms with van der Waals surface area (Å²) >= 11 is 1.86. The lowest BCUT2D eigenvalue weighted by molar-refractivity contribution is 0.458. The second-order valence-electron chi connectivity index (χ2n) is 4.79. The van der Waals surface area contributed by atoms with Crippen LogP contribution in [0.5, 0.6) is 0 Å². The van der Waals surface area contributed by atoms with Crippen LogP contribution in [0.2, 0.25) is 0 Å². The van der Waals surface area contributed by atoms with Gasteiger partial charge in [0.05, 0.1) is 6.54 Å². The maximum atomic E-state index is 5.48. The molecule has 0 radical (unpaired) electrons. The largest absolute Gasteiger partial charge is 0.407 e. The Labute approximate surface area is 114 Å². The molecular weight excluding hydrogens is 248 g/mol. The van der Waals surface area contributed by atoms with Crippen LogP contribution in [0, 0.1) is 5.92 Å². The minimum absolute atomic E-state index is 0.518. The molecule has 0 saturated heterocycles. The van der Waals surface area contributed by atoms with E-state index in [1.807, 2.05) is 11.8 Å². The first-order valence-corrected chi connectivity index (χ1v) is 7.70. The molecule has 1 heterocycles. The van der Waals surface area contributed by atoms with E-state index in [1.54, 1.807) is 0 Å². The van der Waals surface area contributed by atoms with Gasteiger partial charge in [0, 0.05) is 11.8 Å². The predicted octanol–water partition coefficient (Wildman–Crippen LogP) is 2.37. The van der Waals surface area contributed by atoms with Crippen LogP contribution in [-0.4, -0.2) is 34.8 Å². The molecule has 1 atom stereocenters. The molecule has 1 aromatic heterocycles. The molecule has 0 amide bonds. The lowest BCUT2D eigenvalue weighted by atomic mass is 10.2. The summed E-state index contributed by atoms with van der Waals surface area (Å²) < 4.78 is 5.48. The van der Waals surface area contributed by atoms with E-state index in [1.165, 1.54) is 0 Å². The Hall–Kier alpha value is -0.750. The molecule has 0 spiro atoms. The molecule has 0 fully saturated rings. The van der Waals surface area contributed by atoms with E-state index < -0.39 is 0 Å². The Bertz CT molecular complexity index is 330. The first kappa shape index (κ1) is 15.3. The zero-order valence-corrected chi connectivity index (χ0v) is 12.5. The van der Waals surface area contributed by atoms with E-state index in [-0.39, 0.29) is 0 Å². The van der Waals surface area contributed by atoms with Crippen LogP contribution in [0.1, 0.15) is 33.1 Å². The van der Waals surface area contributed by atoms with Crippen molar-refractivity contribution in [3.63, 3.8) is 0 Å². The van der Waals surface area contributed by atoms with E-state index in [9.17, 15) is 0 Å². The molecule has 0 aliphatic heterocycles. The second-order valence-corrected chi connectivity index (χ2v) is 6.06. The van der Waals surface area contributed by atoms with Crippen LogP contribution in [-0.2, 0) is 6.54 Å². The fraction of sp³-hybridized carbons (Fsp3) is 0.833. The third kappa shape index (κ3) is 6.26. The Balaban J connectivity index is 2.21. The molecule has 0 aliphatic carbocycles. The van der Waals surface area contributed by atoms with Crippen LogP contribution in [0.15, 0.2) is 4.42 Å². The van der Waals surface area contributed by atoms with Gasteiger partial charge < -0.3 is 15.1 Å². The number of hydrogen-bond donors (Lipinski definition) is 2. The monoisotopic (exact) mass is 272 g/mol. The molecule has 104 valence electrons. The van der Waals surface area contributed by atoms with Crippen LogP contribution in [0.3, 0.4) is 0 Å². The first-order valence-electron chi connectivity index (χ1n) is 6.41. The fourth-order valence-corrected chi connectivity index (χ4v) is 1.72. The maximum Gasteiger partial charge on any atom is 0.315 e. The van der Waals surface area contributed by atoms with Gasteiger partial charge in [-0.05, 0) is 25.1 Å². The van der Waals surface area contributed by atoms with Crippen LogP contribution >= 0.6 is 11.8 Å². The summed E-state index contributed by atoms with van der Waals surface area (Å²) in [5, 5.41) is 15.0. The standard InChI is InChI=1S/C12H24N4OS/c1-9(2)7-13-8-11-15-16-12(17-11)14-6-5-10(3)18-4/h9-10,13H,5-8H2,1-4H3,(H,14,16). The summed E-state index contributed by atoms with van der Waals surface area (Å²) in [5.41, 5.74) is 0. The molecule has 0 saturated carbocycles. The molecule has 1 aromatic rings. The number of thioether (sulfide) groups is 1. The Morgan fingerprint density at radius 1 is 1.28 bits per heavy atom. The number of rotatable bonds is 9. The highest BCUT2D eigenvalue weighted by atomic mass is 32.2. The van der Waals surface area contributed by atoms with E-state index in [0.717, 1.165) is 19.5 Å². The SMILES string of the molecule is CSC(C)CCNc1nnc(CNCC(C)C)o1. The third-order valence-corrected chi connectivity index (χ3v) is 3.57. The zero-order chi connectivity index (χ0) is 13.4. The second kappa shape index (κ2) is 8.37. The molecule has 1 rings (SSSR count). The van der Waals surface area contributed by atoms with Gasteiger partial charge in [-0.25, -0.2) is 0 Å². The van der Waals surface area contributed by atoms with Crippen molar-refractivity contribution >= 4 is 17.8 Å². The highest BCUT2D eigenvalue weighted by Crippen LogP contribution is 2.10. The number of anilines is 1. The first-order chi connectivity index (χ1) is 8.61. The molecule has 0 aromatic carbocycles. The average Bonchev–Trinajstić information content (AvgIpc) is 2.76. The smallest absolute Gasteiger partial charge is 0.315 e. The molecule has 5 nitrogen and oxygen atoms in total. The van der Waals surface area contributed by atoms with Crippen molar-refractivity contribution < 1.29 is 4.42 Å². The summed E-state index contributed by atoms with van der Waals surface area (Å²) in [4.78, 5) is 0. The molecule has 1 unspecified atom stereocenters. The van der Waals surface area contributed by atoms with Gasteiger partial charge in [-0.2, -0.15) is 11.8 Å². The number of nitrogens with one attached hydrogen (secondary N) is 2. The summed E-state index contributed by atoms with van der Waals surface area (Å²) in [6, 6.07) is 0.518. The molecular formula is C12H24N4OS. The van der Waals surface area contributed by atoms with Gasteiger partial charge in [0.2, 0.25) is 5.89 Å². The molecule has 0 bridgehead atoms. The Morgan fingerprint density at radius 3 is 2.72 bits per heavy atom. The summed E-state index contributed by atoms with van der Waals surface area (Å²) in [6.45, 7) is 9.00. The van der Waals surface area contributed by atoms with E-state index >= 15 is 0 Å². The summed E-state index contributed by atoms with van der Waals surface area (Å²) in [6.07, 6.45) is 3.21. The average molecular weight is 272 g/mol. The van der Waals surface area contributed by atoms with Gasteiger partial charge in [-0.15, -0.1) is 5.10 Å². The van der Waals surface area contributed by atoms with Crippen molar-refractivity contribution in [3.8, 4) is 0 Å². The van der Waals surface area contributed by atoms with E-state index in [0.29, 0.717) is 29.6 Å². The third-order valence-electron chi connectivity index (χ3n) is 2.53. The summed E-state index contributed by atoms with van der Waals surface area (Å²) in [5.74, 6) is 1.26. The van der Waals surface area contributed by atoms with E-state index in [2.05, 4.69) is 47.9 Å². The van der Waals surface area contributed by atoms with Crippen molar-refractivity contribution in [2.45, 2.75) is 39.0 Å². The lowest BCUT2D eigenvalue weighted by Gasteiger charge is -2.07. The minimum Gasteiger partial charge on any atom is -0.407 e. The molecule has 6 heteroatoms. The zero-order valence-electron chi connectivity index (χ0n) is 11.7. The highest BCUT2D eigenvalue weighted by Gasteiger charge is 2.06. The minimum atomic E-state index is 0.518.